The van der Waals surface area contributed by atoms with Crippen molar-refractivity contribution in [3.8, 4) is 11.5 Å². The third kappa shape index (κ3) is 5.11. The first kappa shape index (κ1) is 24.6. The Morgan fingerprint density at radius 3 is 2.63 bits per heavy atom. The minimum Gasteiger partial charge on any atom is -0.503 e. The van der Waals surface area contributed by atoms with Crippen molar-refractivity contribution in [1.82, 2.24) is 9.80 Å². The molecule has 1 aromatic heterocycles. The monoisotopic (exact) mass is 482 g/mol. The predicted octanol–water partition coefficient (Wildman–Crippen LogP) is 3.07. The number of aryl methyl sites for hydroxylation is 1. The van der Waals surface area contributed by atoms with Crippen LogP contribution in [0.3, 0.4) is 0 Å². The summed E-state index contributed by atoms with van der Waals surface area (Å²) < 4.78 is 22.1. The number of carbonyl (C=O) groups is 2. The molecule has 1 fully saturated rings. The Bertz CT molecular complexity index is 1130. The van der Waals surface area contributed by atoms with Crippen molar-refractivity contribution < 1.29 is 33.3 Å². The van der Waals surface area contributed by atoms with Crippen LogP contribution in [0.4, 0.5) is 0 Å². The van der Waals surface area contributed by atoms with Crippen LogP contribution in [0.2, 0.25) is 0 Å². The normalized spacial score (nSPS) is 18.7. The molecule has 1 unspecified atom stereocenters. The van der Waals surface area contributed by atoms with E-state index in [1.807, 2.05) is 0 Å². The molecule has 0 radical (unpaired) electrons. The molecule has 186 valence electrons. The number of ketones is 1. The molecular formula is C26H30N2O7. The summed E-state index contributed by atoms with van der Waals surface area (Å²) in [4.78, 5) is 30.3. The Labute approximate surface area is 204 Å². The fourth-order valence-corrected chi connectivity index (χ4v) is 4.35. The number of nitrogens with zero attached hydrogens (tertiary/aromatic N) is 2. The molecule has 35 heavy (non-hydrogen) atoms. The molecule has 1 aromatic carbocycles. The lowest BCUT2D eigenvalue weighted by atomic mass is 9.94. The van der Waals surface area contributed by atoms with Gasteiger partial charge in [-0.2, -0.15) is 0 Å². The van der Waals surface area contributed by atoms with Gasteiger partial charge in [-0.1, -0.05) is 18.7 Å². The first-order chi connectivity index (χ1) is 16.9. The number of hydrogen-bond donors (Lipinski definition) is 1. The minimum atomic E-state index is -0.816. The topological polar surface area (TPSA) is 102 Å². The third-order valence-electron chi connectivity index (χ3n) is 6.13. The number of hydrogen-bond acceptors (Lipinski definition) is 8. The molecule has 1 saturated heterocycles. The lowest BCUT2D eigenvalue weighted by Crippen LogP contribution is -2.43. The van der Waals surface area contributed by atoms with E-state index in [0.717, 1.165) is 13.1 Å². The molecule has 9 nitrogen and oxygen atoms in total. The number of benzene rings is 1. The van der Waals surface area contributed by atoms with E-state index >= 15 is 0 Å². The second-order valence-corrected chi connectivity index (χ2v) is 8.37. The van der Waals surface area contributed by atoms with Gasteiger partial charge in [0, 0.05) is 26.2 Å². The van der Waals surface area contributed by atoms with Gasteiger partial charge < -0.3 is 28.6 Å². The number of morpholine rings is 1. The van der Waals surface area contributed by atoms with Gasteiger partial charge in [0.05, 0.1) is 31.9 Å². The van der Waals surface area contributed by atoms with Crippen LogP contribution < -0.4 is 9.47 Å². The highest BCUT2D eigenvalue weighted by atomic mass is 16.5. The fourth-order valence-electron chi connectivity index (χ4n) is 4.35. The third-order valence-corrected chi connectivity index (χ3v) is 6.13. The molecule has 1 amide bonds. The molecule has 2 aromatic rings. The summed E-state index contributed by atoms with van der Waals surface area (Å²) in [5, 5.41) is 10.9. The highest BCUT2D eigenvalue weighted by Crippen LogP contribution is 2.41. The van der Waals surface area contributed by atoms with Crippen LogP contribution in [-0.2, 0) is 9.53 Å². The summed E-state index contributed by atoms with van der Waals surface area (Å²) in [5.41, 5.74) is 0.590. The zero-order valence-electron chi connectivity index (χ0n) is 20.0. The van der Waals surface area contributed by atoms with Gasteiger partial charge in [-0.05, 0) is 36.8 Å². The lowest BCUT2D eigenvalue weighted by molar-refractivity contribution is -0.129. The smallest absolute Gasteiger partial charge is 0.290 e. The molecule has 0 aliphatic carbocycles. The Kier molecular flexibility index (Phi) is 7.57. The highest BCUT2D eigenvalue weighted by molar-refractivity contribution is 6.15. The molecule has 2 aliphatic rings. The van der Waals surface area contributed by atoms with E-state index in [1.165, 1.54) is 12.0 Å². The van der Waals surface area contributed by atoms with Crippen molar-refractivity contribution in [3.63, 3.8) is 0 Å². The van der Waals surface area contributed by atoms with Crippen molar-refractivity contribution in [1.29, 1.82) is 0 Å². The van der Waals surface area contributed by atoms with E-state index in [9.17, 15) is 14.7 Å². The number of ether oxygens (including phenoxy) is 3. The Balaban J connectivity index is 1.71. The van der Waals surface area contributed by atoms with Crippen molar-refractivity contribution in [2.75, 3.05) is 53.1 Å². The van der Waals surface area contributed by atoms with Crippen molar-refractivity contribution in [2.24, 2.45) is 0 Å². The van der Waals surface area contributed by atoms with Crippen LogP contribution >= 0.6 is 0 Å². The Morgan fingerprint density at radius 1 is 1.20 bits per heavy atom. The van der Waals surface area contributed by atoms with E-state index in [2.05, 4.69) is 11.5 Å². The fraction of sp³-hybridized carbons (Fsp3) is 0.385. The number of aliphatic hydroxyl groups is 1. The van der Waals surface area contributed by atoms with Gasteiger partial charge in [0.15, 0.2) is 23.0 Å². The van der Waals surface area contributed by atoms with Crippen molar-refractivity contribution in [3.05, 3.63) is 71.4 Å². The summed E-state index contributed by atoms with van der Waals surface area (Å²) in [5.74, 6) is -0.129. The molecule has 4 rings (SSSR count). The standard InChI is InChI=1S/C26H30N2O7/c1-4-13-34-19-8-6-18(16-21(19)32-3)23-22(24(29)20-7-5-17(2)35-20)25(30)26(31)28(23)10-9-27-11-14-33-15-12-27/h4-8,16,23,30H,1,9-15H2,2-3H3. The summed E-state index contributed by atoms with van der Waals surface area (Å²) >= 11 is 0. The summed E-state index contributed by atoms with van der Waals surface area (Å²) in [6, 6.07) is 7.60. The molecule has 0 bridgehead atoms. The number of methoxy groups -OCH3 is 1. The van der Waals surface area contributed by atoms with E-state index in [-0.39, 0.29) is 11.3 Å². The first-order valence-corrected chi connectivity index (χ1v) is 11.5. The van der Waals surface area contributed by atoms with Crippen LogP contribution in [0.5, 0.6) is 11.5 Å². The molecule has 2 aliphatic heterocycles. The lowest BCUT2D eigenvalue weighted by Gasteiger charge is -2.31. The largest absolute Gasteiger partial charge is 0.503 e. The summed E-state index contributed by atoms with van der Waals surface area (Å²) in [6.45, 7) is 9.35. The Morgan fingerprint density at radius 2 is 1.97 bits per heavy atom. The second-order valence-electron chi connectivity index (χ2n) is 8.37. The van der Waals surface area contributed by atoms with Gasteiger partial charge in [0.1, 0.15) is 12.4 Å². The first-order valence-electron chi connectivity index (χ1n) is 11.5. The summed E-state index contributed by atoms with van der Waals surface area (Å²) in [7, 11) is 1.51. The molecule has 3 heterocycles. The van der Waals surface area contributed by atoms with E-state index in [0.29, 0.717) is 55.7 Å². The zero-order chi connectivity index (χ0) is 24.9. The van der Waals surface area contributed by atoms with Crippen molar-refractivity contribution in [2.45, 2.75) is 13.0 Å². The van der Waals surface area contributed by atoms with Crippen LogP contribution in [0.25, 0.3) is 0 Å². The maximum atomic E-state index is 13.4. The molecule has 1 N–H and O–H groups in total. The van der Waals surface area contributed by atoms with E-state index in [4.69, 9.17) is 18.6 Å². The molecule has 0 spiro atoms. The van der Waals surface area contributed by atoms with Crippen LogP contribution in [0, 0.1) is 6.92 Å². The maximum absolute atomic E-state index is 13.4. The van der Waals surface area contributed by atoms with Crippen molar-refractivity contribution >= 4 is 11.7 Å². The molecule has 9 heteroatoms. The number of carbonyl (C=O) groups excluding carboxylic acids is 2. The highest BCUT2D eigenvalue weighted by Gasteiger charge is 2.44. The number of amides is 1. The average molecular weight is 483 g/mol. The van der Waals surface area contributed by atoms with Crippen LogP contribution in [-0.4, -0.2) is 79.7 Å². The van der Waals surface area contributed by atoms with Gasteiger partial charge in [-0.25, -0.2) is 0 Å². The maximum Gasteiger partial charge on any atom is 0.290 e. The van der Waals surface area contributed by atoms with Crippen LogP contribution in [0.1, 0.15) is 27.9 Å². The van der Waals surface area contributed by atoms with Gasteiger partial charge >= 0.3 is 0 Å². The van der Waals surface area contributed by atoms with E-state index < -0.39 is 23.5 Å². The molecule has 1 atom stereocenters. The SMILES string of the molecule is C=CCOc1ccc(C2C(C(=O)c3ccc(C)o3)=C(O)C(=O)N2CCN2CCOCC2)cc1OC. The van der Waals surface area contributed by atoms with Gasteiger partial charge in [0.2, 0.25) is 5.78 Å². The molecular weight excluding hydrogens is 452 g/mol. The van der Waals surface area contributed by atoms with Gasteiger partial charge in [0.25, 0.3) is 5.91 Å². The Hall–Kier alpha value is -3.56. The number of Topliss-reactive ketones (excluding diaryl/α,β-unsaturated/α-hetero) is 1. The van der Waals surface area contributed by atoms with Crippen LogP contribution in [0.15, 0.2) is 58.7 Å². The number of aliphatic hydroxyl groups excluding tert-OH is 1. The number of rotatable bonds is 10. The minimum absolute atomic E-state index is 0.0202. The van der Waals surface area contributed by atoms with Gasteiger partial charge in [-0.3, -0.25) is 14.5 Å². The van der Waals surface area contributed by atoms with E-state index in [1.54, 1.807) is 43.3 Å². The van der Waals surface area contributed by atoms with Gasteiger partial charge in [-0.15, -0.1) is 0 Å². The number of furan rings is 1. The quantitative estimate of drug-likeness (QED) is 0.407. The summed E-state index contributed by atoms with van der Waals surface area (Å²) in [6.07, 6.45) is 1.62. The second kappa shape index (κ2) is 10.8. The zero-order valence-corrected chi connectivity index (χ0v) is 20.0. The molecule has 0 saturated carbocycles. The average Bonchev–Trinajstić information content (AvgIpc) is 3.42. The predicted molar refractivity (Wildman–Crippen MR) is 128 cm³/mol.